The first kappa shape index (κ1) is 9.69. The smallest absolute Gasteiger partial charge is 0.0266 e. The maximum absolute atomic E-state index is 5.86. The number of nitrogens with zero attached hydrogens (tertiary/aromatic N) is 1. The van der Waals surface area contributed by atoms with E-state index in [-0.39, 0.29) is 6.04 Å². The zero-order chi connectivity index (χ0) is 10.1. The lowest BCUT2D eigenvalue weighted by molar-refractivity contribution is 0.313. The van der Waals surface area contributed by atoms with E-state index < -0.39 is 0 Å². The molecule has 0 saturated carbocycles. The number of benzene rings is 1. The molecule has 0 spiro atoms. The van der Waals surface area contributed by atoms with Crippen LogP contribution >= 0.6 is 0 Å². The molecule has 14 heavy (non-hydrogen) atoms. The van der Waals surface area contributed by atoms with Crippen molar-refractivity contribution >= 4 is 0 Å². The summed E-state index contributed by atoms with van der Waals surface area (Å²) in [7, 11) is 2.17. The van der Waals surface area contributed by atoms with Gasteiger partial charge in [-0.1, -0.05) is 18.2 Å². The predicted molar refractivity (Wildman–Crippen MR) is 59.1 cm³/mol. The monoisotopic (exact) mass is 190 g/mol. The molecule has 0 fully saturated rings. The average Bonchev–Trinajstić information content (AvgIpc) is 2.16. The van der Waals surface area contributed by atoms with Gasteiger partial charge in [-0.15, -0.1) is 0 Å². The molecule has 1 unspecified atom stereocenters. The minimum Gasteiger partial charge on any atom is -0.324 e. The molecule has 2 rings (SSSR count). The molecule has 1 heterocycles. The number of hydrogen-bond donors (Lipinski definition) is 1. The Balaban J connectivity index is 2.31. The zero-order valence-corrected chi connectivity index (χ0v) is 8.96. The number of hydrogen-bond acceptors (Lipinski definition) is 2. The summed E-state index contributed by atoms with van der Waals surface area (Å²) in [5, 5.41) is 0. The summed E-state index contributed by atoms with van der Waals surface area (Å²) in [6, 6.07) is 6.80. The molecule has 0 aromatic heterocycles. The van der Waals surface area contributed by atoms with Crippen LogP contribution in [0.4, 0.5) is 0 Å². The van der Waals surface area contributed by atoms with Gasteiger partial charge in [0.25, 0.3) is 0 Å². The van der Waals surface area contributed by atoms with E-state index in [1.165, 1.54) is 16.7 Å². The Morgan fingerprint density at radius 2 is 2.14 bits per heavy atom. The van der Waals surface area contributed by atoms with Crippen molar-refractivity contribution in [3.63, 3.8) is 0 Å². The molecule has 1 aromatic carbocycles. The SMILES string of the molecule is CC(N)c1ccc2c(c1)CCN(C)C2. The Bertz CT molecular complexity index is 331. The summed E-state index contributed by atoms with van der Waals surface area (Å²) in [6.07, 6.45) is 1.16. The second-order valence-corrected chi connectivity index (χ2v) is 4.30. The van der Waals surface area contributed by atoms with Crippen molar-refractivity contribution in [2.45, 2.75) is 25.9 Å². The third-order valence-electron chi connectivity index (χ3n) is 2.96. The van der Waals surface area contributed by atoms with E-state index in [9.17, 15) is 0 Å². The van der Waals surface area contributed by atoms with Crippen molar-refractivity contribution in [3.05, 3.63) is 34.9 Å². The Kier molecular flexibility index (Phi) is 2.57. The zero-order valence-electron chi connectivity index (χ0n) is 8.96. The molecule has 1 atom stereocenters. The third kappa shape index (κ3) is 1.81. The maximum atomic E-state index is 5.86. The predicted octanol–water partition coefficient (Wildman–Crippen LogP) is 1.69. The lowest BCUT2D eigenvalue weighted by Crippen LogP contribution is -2.26. The normalized spacial score (nSPS) is 19.1. The highest BCUT2D eigenvalue weighted by Gasteiger charge is 2.13. The van der Waals surface area contributed by atoms with Crippen LogP contribution in [0, 0.1) is 0 Å². The molecule has 2 nitrogen and oxygen atoms in total. The molecule has 76 valence electrons. The fraction of sp³-hybridized carbons (Fsp3) is 0.500. The van der Waals surface area contributed by atoms with Gasteiger partial charge in [-0.3, -0.25) is 0 Å². The number of likely N-dealkylation sites (N-methyl/N-ethyl adjacent to an activating group) is 1. The van der Waals surface area contributed by atoms with E-state index in [0.29, 0.717) is 0 Å². The molecular formula is C12H18N2. The van der Waals surface area contributed by atoms with Gasteiger partial charge in [0.1, 0.15) is 0 Å². The largest absolute Gasteiger partial charge is 0.324 e. The lowest BCUT2D eigenvalue weighted by Gasteiger charge is -2.25. The maximum Gasteiger partial charge on any atom is 0.0266 e. The van der Waals surface area contributed by atoms with Crippen molar-refractivity contribution < 1.29 is 0 Å². The average molecular weight is 190 g/mol. The van der Waals surface area contributed by atoms with Gasteiger partial charge in [0.05, 0.1) is 0 Å². The third-order valence-corrected chi connectivity index (χ3v) is 2.96. The van der Waals surface area contributed by atoms with Crippen LogP contribution in [0.1, 0.15) is 29.7 Å². The Hall–Kier alpha value is -0.860. The van der Waals surface area contributed by atoms with Crippen molar-refractivity contribution in [1.29, 1.82) is 0 Å². The lowest BCUT2D eigenvalue weighted by atomic mass is 9.96. The van der Waals surface area contributed by atoms with E-state index in [2.05, 4.69) is 30.1 Å². The van der Waals surface area contributed by atoms with E-state index >= 15 is 0 Å². The van der Waals surface area contributed by atoms with Crippen LogP contribution in [0.5, 0.6) is 0 Å². The molecular weight excluding hydrogens is 172 g/mol. The molecule has 1 aliphatic rings. The number of fused-ring (bicyclic) bond motifs is 1. The van der Waals surface area contributed by atoms with Crippen LogP contribution in [0.3, 0.4) is 0 Å². The van der Waals surface area contributed by atoms with Gasteiger partial charge < -0.3 is 10.6 Å². The number of rotatable bonds is 1. The van der Waals surface area contributed by atoms with Crippen LogP contribution in [0.15, 0.2) is 18.2 Å². The quantitative estimate of drug-likeness (QED) is 0.730. The highest BCUT2D eigenvalue weighted by molar-refractivity contribution is 5.34. The summed E-state index contributed by atoms with van der Waals surface area (Å²) in [5.41, 5.74) is 10.1. The summed E-state index contributed by atoms with van der Waals surface area (Å²) in [5.74, 6) is 0. The molecule has 0 aliphatic carbocycles. The highest BCUT2D eigenvalue weighted by atomic mass is 15.1. The Morgan fingerprint density at radius 3 is 2.86 bits per heavy atom. The molecule has 2 N–H and O–H groups in total. The van der Waals surface area contributed by atoms with Gasteiger partial charge in [0.15, 0.2) is 0 Å². The molecule has 0 bridgehead atoms. The first-order valence-corrected chi connectivity index (χ1v) is 5.22. The highest BCUT2D eigenvalue weighted by Crippen LogP contribution is 2.21. The minimum atomic E-state index is 0.153. The molecule has 0 amide bonds. The fourth-order valence-electron chi connectivity index (χ4n) is 2.00. The topological polar surface area (TPSA) is 29.3 Å². The van der Waals surface area contributed by atoms with E-state index in [1.54, 1.807) is 0 Å². The van der Waals surface area contributed by atoms with Crippen LogP contribution in [0.2, 0.25) is 0 Å². The van der Waals surface area contributed by atoms with E-state index in [4.69, 9.17) is 5.73 Å². The van der Waals surface area contributed by atoms with Crippen molar-refractivity contribution in [1.82, 2.24) is 4.90 Å². The van der Waals surface area contributed by atoms with Crippen LogP contribution in [-0.2, 0) is 13.0 Å². The molecule has 1 aromatic rings. The minimum absolute atomic E-state index is 0.153. The summed E-state index contributed by atoms with van der Waals surface area (Å²) >= 11 is 0. The fourth-order valence-corrected chi connectivity index (χ4v) is 2.00. The Morgan fingerprint density at radius 1 is 1.36 bits per heavy atom. The first-order valence-electron chi connectivity index (χ1n) is 5.22. The second kappa shape index (κ2) is 3.71. The number of nitrogens with two attached hydrogens (primary N) is 1. The van der Waals surface area contributed by atoms with Crippen LogP contribution in [-0.4, -0.2) is 18.5 Å². The molecule has 0 saturated heterocycles. The van der Waals surface area contributed by atoms with Gasteiger partial charge in [-0.2, -0.15) is 0 Å². The summed E-state index contributed by atoms with van der Waals surface area (Å²) < 4.78 is 0. The van der Waals surface area contributed by atoms with Crippen LogP contribution in [0.25, 0.3) is 0 Å². The van der Waals surface area contributed by atoms with Gasteiger partial charge >= 0.3 is 0 Å². The Labute approximate surface area is 85.7 Å². The van der Waals surface area contributed by atoms with E-state index in [1.807, 2.05) is 6.92 Å². The van der Waals surface area contributed by atoms with Crippen LogP contribution < -0.4 is 5.73 Å². The molecule has 1 aliphatic heterocycles. The van der Waals surface area contributed by atoms with Gasteiger partial charge in [-0.25, -0.2) is 0 Å². The van der Waals surface area contributed by atoms with E-state index in [0.717, 1.165) is 19.5 Å². The standard InChI is InChI=1S/C12H18N2/c1-9(13)10-3-4-12-8-14(2)6-5-11(12)7-10/h3-4,7,9H,5-6,8,13H2,1-2H3. The second-order valence-electron chi connectivity index (χ2n) is 4.30. The van der Waals surface area contributed by atoms with Gasteiger partial charge in [-0.05, 0) is 37.1 Å². The molecule has 0 radical (unpaired) electrons. The summed E-state index contributed by atoms with van der Waals surface area (Å²) in [4.78, 5) is 2.36. The van der Waals surface area contributed by atoms with Crippen molar-refractivity contribution in [3.8, 4) is 0 Å². The van der Waals surface area contributed by atoms with Gasteiger partial charge in [0.2, 0.25) is 0 Å². The van der Waals surface area contributed by atoms with Crippen molar-refractivity contribution in [2.24, 2.45) is 5.73 Å². The first-order chi connectivity index (χ1) is 6.66. The molecule has 2 heteroatoms. The van der Waals surface area contributed by atoms with Gasteiger partial charge in [0, 0.05) is 19.1 Å². The summed E-state index contributed by atoms with van der Waals surface area (Å²) in [6.45, 7) is 4.28. The van der Waals surface area contributed by atoms with Crippen molar-refractivity contribution in [2.75, 3.05) is 13.6 Å².